The summed E-state index contributed by atoms with van der Waals surface area (Å²) in [4.78, 5) is 75.0. The van der Waals surface area contributed by atoms with E-state index in [1.807, 2.05) is 83.6 Å². The molecule has 0 bridgehead atoms. The number of nitro benzene ring substituents is 2. The fourth-order valence-electron chi connectivity index (χ4n) is 17.1. The number of benzene rings is 6. The first-order chi connectivity index (χ1) is 59.7. The van der Waals surface area contributed by atoms with Crippen LogP contribution < -0.4 is 24.1 Å². The van der Waals surface area contributed by atoms with Gasteiger partial charge in [-0.15, -0.1) is 0 Å². The number of ether oxygens (including phenoxy) is 2. The summed E-state index contributed by atoms with van der Waals surface area (Å²) in [5.41, 5.74) is 14.3. The molecule has 125 heavy (non-hydrogen) atoms. The van der Waals surface area contributed by atoms with Gasteiger partial charge in [-0.1, -0.05) is 118 Å². The van der Waals surface area contributed by atoms with Crippen LogP contribution in [0.2, 0.25) is 40.8 Å². The van der Waals surface area contributed by atoms with Gasteiger partial charge in [-0.3, -0.25) is 49.4 Å². The average Bonchev–Trinajstić information content (AvgIpc) is 1.63. The van der Waals surface area contributed by atoms with E-state index in [2.05, 4.69) is 116 Å². The summed E-state index contributed by atoms with van der Waals surface area (Å²) < 4.78 is 75.7. The van der Waals surface area contributed by atoms with Crippen molar-refractivity contribution in [3.05, 3.63) is 239 Å². The maximum atomic E-state index is 14.2. The lowest BCUT2D eigenvalue weighted by molar-refractivity contribution is -0.385. The van der Waals surface area contributed by atoms with Crippen LogP contribution in [-0.4, -0.2) is 194 Å². The van der Waals surface area contributed by atoms with Crippen LogP contribution in [0.15, 0.2) is 191 Å². The van der Waals surface area contributed by atoms with Gasteiger partial charge in [0.05, 0.1) is 72.6 Å². The Morgan fingerprint density at radius 3 is 1.68 bits per heavy atom. The van der Waals surface area contributed by atoms with Crippen LogP contribution in [0.4, 0.5) is 28.4 Å². The number of aromatic amines is 1. The van der Waals surface area contributed by atoms with Crippen LogP contribution in [-0.2, 0) is 36.3 Å². The average molecular weight is 1810 g/mol. The summed E-state index contributed by atoms with van der Waals surface area (Å²) in [5, 5.41) is 34.5. The minimum atomic E-state index is -4.57. The molecule has 6 aromatic heterocycles. The Kier molecular flexibility index (Phi) is 25.1. The number of hydrogen-bond acceptors (Lipinski definition) is 21. The number of nitro groups is 2. The van der Waals surface area contributed by atoms with Gasteiger partial charge < -0.3 is 28.7 Å². The minimum Gasteiger partial charge on any atom is -0.378 e. The van der Waals surface area contributed by atoms with Gasteiger partial charge in [0.1, 0.15) is 34.1 Å². The van der Waals surface area contributed by atoms with E-state index >= 15 is 0 Å². The van der Waals surface area contributed by atoms with Crippen LogP contribution in [0.25, 0.3) is 66.7 Å². The summed E-state index contributed by atoms with van der Waals surface area (Å²) in [6, 6.07) is 42.4. The zero-order valence-corrected chi connectivity index (χ0v) is 75.4. The summed E-state index contributed by atoms with van der Waals surface area (Å²) in [7, 11) is -10.4. The van der Waals surface area contributed by atoms with Crippen molar-refractivity contribution in [2.75, 3.05) is 113 Å². The van der Waals surface area contributed by atoms with E-state index in [0.29, 0.717) is 78.7 Å². The van der Waals surface area contributed by atoms with Crippen molar-refractivity contribution >= 4 is 158 Å². The molecule has 0 saturated carbocycles. The third kappa shape index (κ3) is 19.7. The molecule has 652 valence electrons. The molecule has 0 radical (unpaired) electrons. The van der Waals surface area contributed by atoms with Gasteiger partial charge in [-0.25, -0.2) is 45.9 Å². The maximum Gasteiger partial charge on any atom is 0.293 e. The van der Waals surface area contributed by atoms with Gasteiger partial charge in [-0.05, 0) is 187 Å². The number of halogens is 3. The van der Waals surface area contributed by atoms with Gasteiger partial charge in [0.25, 0.3) is 43.2 Å². The molecule has 2 aliphatic carbocycles. The molecular weight excluding hydrogens is 1710 g/mol. The van der Waals surface area contributed by atoms with Crippen LogP contribution >= 0.6 is 34.8 Å². The molecular formula is C90H98Cl3N17O12S2Si. The van der Waals surface area contributed by atoms with Crippen molar-refractivity contribution in [1.82, 2.24) is 58.3 Å². The minimum absolute atomic E-state index is 0.0229. The second kappa shape index (κ2) is 35.8. The molecule has 29 nitrogen and oxygen atoms in total. The second-order valence-electron chi connectivity index (χ2n) is 35.4. The Morgan fingerprint density at radius 2 is 1.12 bits per heavy atom. The number of amides is 2. The van der Waals surface area contributed by atoms with Crippen LogP contribution in [0.3, 0.4) is 0 Å². The first kappa shape index (κ1) is 87.6. The monoisotopic (exact) mass is 1810 g/mol. The summed E-state index contributed by atoms with van der Waals surface area (Å²) in [6.45, 7) is 26.9. The van der Waals surface area contributed by atoms with E-state index in [0.717, 1.165) is 172 Å². The number of aromatic nitrogens is 8. The Labute approximate surface area is 740 Å². The van der Waals surface area contributed by atoms with Gasteiger partial charge in [0, 0.05) is 156 Å². The third-order valence-corrected chi connectivity index (χ3v) is 29.4. The van der Waals surface area contributed by atoms with Crippen molar-refractivity contribution < 1.29 is 45.7 Å². The number of piperazine rings is 2. The van der Waals surface area contributed by atoms with E-state index in [4.69, 9.17) is 54.4 Å². The smallest absolute Gasteiger partial charge is 0.293 e. The van der Waals surface area contributed by atoms with Gasteiger partial charge in [0.15, 0.2) is 5.65 Å². The molecule has 3 saturated heterocycles. The van der Waals surface area contributed by atoms with Crippen molar-refractivity contribution in [2.45, 2.75) is 108 Å². The van der Waals surface area contributed by atoms with Crippen LogP contribution in [0, 0.1) is 31.1 Å². The highest BCUT2D eigenvalue weighted by atomic mass is 35.5. The lowest BCUT2D eigenvalue weighted by Gasteiger charge is -2.39. The van der Waals surface area contributed by atoms with E-state index in [1.54, 1.807) is 45.0 Å². The van der Waals surface area contributed by atoms with E-state index in [-0.39, 0.29) is 38.4 Å². The number of sulfonamides is 2. The second-order valence-corrected chi connectivity index (χ2v) is 45.7. The molecule has 3 N–H and O–H groups in total. The number of allylic oxidation sites excluding steroid dienone is 2. The fraction of sp³-hybridized carbons (Fsp3) is 0.356. The largest absolute Gasteiger partial charge is 0.378 e. The molecule has 0 spiro atoms. The quantitative estimate of drug-likeness (QED) is 0.0219. The zero-order chi connectivity index (χ0) is 88.0. The van der Waals surface area contributed by atoms with Gasteiger partial charge in [0.2, 0.25) is 0 Å². The number of anilines is 3. The number of hydrogen-bond donors (Lipinski definition) is 3. The van der Waals surface area contributed by atoms with E-state index in [1.165, 1.54) is 45.6 Å². The number of nitrogens with zero attached hydrogens (tertiary/aromatic N) is 14. The van der Waals surface area contributed by atoms with Crippen molar-refractivity contribution in [3.63, 3.8) is 0 Å². The highest BCUT2D eigenvalue weighted by Gasteiger charge is 2.35. The molecule has 35 heteroatoms. The molecule has 0 unspecified atom stereocenters. The SMILES string of the molecule is CC1(C)CCC(CN2CCN(c3ccc(C(=O)NS(=O)(=O)c4ccc(Cl)c([N+](=O)[O-])c4)c(-n4ncc5nc6c(ccn6COCC[Si](C)(C)C)cc54)c3)CC2)=C(c2ccc(Cl)cc2)C1.CC1(C)CCC(CN2CCN(c3ccc(C(=O)NS(=O)(=O)c4ccc(N5CCOCC5)c([N+](=O)[O-])c4)c(-n4[nH]cc5nc6nccc6cc54)c3)CC2)=C(c2ccc(Cl)cc2)C1. The molecule has 5 aliphatic rings. The number of carbonyl (C=O) groups is 2. The highest BCUT2D eigenvalue weighted by Crippen LogP contribution is 2.46. The number of fused-ring (bicyclic) bond motifs is 4. The van der Waals surface area contributed by atoms with Crippen LogP contribution in [0.1, 0.15) is 98.1 Å². The maximum absolute atomic E-state index is 14.2. The molecule has 3 fully saturated rings. The first-order valence-electron chi connectivity index (χ1n) is 41.8. The number of H-pyrrole nitrogens is 1. The van der Waals surface area contributed by atoms with Gasteiger partial charge in [-0.2, -0.15) is 5.10 Å². The molecule has 0 atom stereocenters. The predicted octanol–water partition coefficient (Wildman–Crippen LogP) is 17.0. The lowest BCUT2D eigenvalue weighted by Crippen LogP contribution is -2.47. The van der Waals surface area contributed by atoms with Crippen LogP contribution in [0.5, 0.6) is 0 Å². The van der Waals surface area contributed by atoms with Crippen molar-refractivity contribution in [1.29, 1.82) is 0 Å². The normalized spacial score (nSPS) is 16.9. The molecule has 3 aliphatic heterocycles. The molecule has 12 aromatic rings. The summed E-state index contributed by atoms with van der Waals surface area (Å²) in [6.07, 6.45) is 13.3. The van der Waals surface area contributed by atoms with Crippen molar-refractivity contribution in [3.8, 4) is 11.4 Å². The molecule has 9 heterocycles. The molecule has 17 rings (SSSR count). The van der Waals surface area contributed by atoms with E-state index in [9.17, 15) is 46.7 Å². The highest BCUT2D eigenvalue weighted by molar-refractivity contribution is 7.90. The standard InChI is InChI=1S/C46H52Cl2N8O6SSi.C44H46ClN9O6S/c1-46(2)16-14-33(38(27-46)31-6-8-34(47)9-7-31)29-52-18-20-53(21-19-52)35-10-12-37(45(57)51-63(60,61)36-11-13-39(48)42(26-36)56(58)59)41(25-35)55-43-24-32-15-17-54(30-62-22-23-64(3,4)5)44(32)50-40(43)28-49-55;1-44(2)13-11-31(36(26-44)29-3-5-32(45)6-4-29)28-50-15-17-51(18-16-50)33-7-9-35(39(24-33)53-40-23-30-12-14-46-42(30)48-37(40)27-47-53)43(55)49-61(58,59)34-8-10-38(41(25-34)54(56)57)52-19-21-60-22-20-52/h6-13,15,17,24-26,28H,14,16,18-23,27,29-30H2,1-5H3,(H,51,57);3-10,12,14,23-25,27,47H,11,13,15-22,26,28H2,1-2H3,(H,49,55). The van der Waals surface area contributed by atoms with Crippen molar-refractivity contribution in [2.24, 2.45) is 10.8 Å². The molecule has 6 aromatic carbocycles. The number of rotatable bonds is 24. The fourth-order valence-corrected chi connectivity index (χ4v) is 20.3. The summed E-state index contributed by atoms with van der Waals surface area (Å²) >= 11 is 18.5. The number of nitrogens with one attached hydrogen (secondary N) is 3. The van der Waals surface area contributed by atoms with E-state index < -0.39 is 65.3 Å². The number of carbonyl (C=O) groups excluding carboxylic acids is 2. The number of morpholine rings is 1. The van der Waals surface area contributed by atoms with Gasteiger partial charge >= 0.3 is 0 Å². The lowest BCUT2D eigenvalue weighted by atomic mass is 9.72. The summed E-state index contributed by atoms with van der Waals surface area (Å²) in [5.74, 6) is -1.84. The Hall–Kier alpha value is -10.9. The molecule has 2 amide bonds. The third-order valence-electron chi connectivity index (χ3n) is 24.2. The Balaban J connectivity index is 0.000000185. The first-order valence-corrected chi connectivity index (χ1v) is 49.6. The number of pyridine rings is 2. The Bertz CT molecular complexity index is 6480. The topological polar surface area (TPSA) is 330 Å². The Morgan fingerprint density at radius 1 is 0.584 bits per heavy atom. The zero-order valence-electron chi connectivity index (χ0n) is 70.5. The predicted molar refractivity (Wildman–Crippen MR) is 492 cm³/mol.